The number of carbonyl (C=O) groups is 1. The standard InChI is InChI=1S/C25H22ClNO3S2/c1-3-27-24(28)22(32-25(27)31)14-17-12-20(26)23(21(13-17)29-4-2)30-15-16-9-10-18-7-5-6-8-19(18)11-16/h5-14H,3-4,15H2,1-2H3/b22-14-. The third kappa shape index (κ3) is 4.77. The van der Waals surface area contributed by atoms with Crippen LogP contribution in [-0.4, -0.2) is 28.3 Å². The fraction of sp³-hybridized carbons (Fsp3) is 0.200. The summed E-state index contributed by atoms with van der Waals surface area (Å²) in [6.07, 6.45) is 1.79. The largest absolute Gasteiger partial charge is 0.490 e. The molecule has 0 aliphatic carbocycles. The minimum atomic E-state index is -0.0896. The molecule has 3 aromatic carbocycles. The zero-order valence-corrected chi connectivity index (χ0v) is 20.2. The first kappa shape index (κ1) is 22.6. The Balaban J connectivity index is 1.59. The van der Waals surface area contributed by atoms with E-state index in [1.807, 2.05) is 38.1 Å². The number of hydrogen-bond acceptors (Lipinski definition) is 5. The van der Waals surface area contributed by atoms with Gasteiger partial charge in [-0.1, -0.05) is 72.0 Å². The third-order valence-electron chi connectivity index (χ3n) is 5.02. The lowest BCUT2D eigenvalue weighted by atomic mass is 10.1. The van der Waals surface area contributed by atoms with Crippen molar-refractivity contribution in [2.75, 3.05) is 13.2 Å². The lowest BCUT2D eigenvalue weighted by Gasteiger charge is -2.15. The Morgan fingerprint density at radius 1 is 1.06 bits per heavy atom. The molecule has 32 heavy (non-hydrogen) atoms. The molecule has 1 saturated heterocycles. The van der Waals surface area contributed by atoms with Gasteiger partial charge in [0.05, 0.1) is 16.5 Å². The molecule has 7 heteroatoms. The van der Waals surface area contributed by atoms with E-state index in [1.165, 1.54) is 17.1 Å². The molecule has 164 valence electrons. The van der Waals surface area contributed by atoms with Gasteiger partial charge in [0.15, 0.2) is 11.5 Å². The molecule has 1 aliphatic rings. The van der Waals surface area contributed by atoms with Crippen molar-refractivity contribution in [3.63, 3.8) is 0 Å². The van der Waals surface area contributed by atoms with Gasteiger partial charge in [-0.3, -0.25) is 9.69 Å². The summed E-state index contributed by atoms with van der Waals surface area (Å²) >= 11 is 13.2. The average molecular weight is 484 g/mol. The number of thiocarbonyl (C=S) groups is 1. The summed E-state index contributed by atoms with van der Waals surface area (Å²) in [4.78, 5) is 14.7. The van der Waals surface area contributed by atoms with Crippen molar-refractivity contribution < 1.29 is 14.3 Å². The lowest BCUT2D eigenvalue weighted by Crippen LogP contribution is -2.27. The Morgan fingerprint density at radius 2 is 1.84 bits per heavy atom. The number of rotatable bonds is 7. The number of ether oxygens (including phenoxy) is 2. The van der Waals surface area contributed by atoms with Crippen LogP contribution >= 0.6 is 35.6 Å². The predicted octanol–water partition coefficient (Wildman–Crippen LogP) is 6.69. The molecule has 0 bridgehead atoms. The van der Waals surface area contributed by atoms with E-state index in [0.717, 1.165) is 16.5 Å². The smallest absolute Gasteiger partial charge is 0.266 e. The fourth-order valence-corrected chi connectivity index (χ4v) is 5.14. The van der Waals surface area contributed by atoms with Gasteiger partial charge < -0.3 is 9.47 Å². The maximum absolute atomic E-state index is 12.5. The van der Waals surface area contributed by atoms with Crippen molar-refractivity contribution in [1.29, 1.82) is 0 Å². The molecular formula is C25H22ClNO3S2. The number of hydrogen-bond donors (Lipinski definition) is 0. The van der Waals surface area contributed by atoms with Gasteiger partial charge in [-0.15, -0.1) is 0 Å². The Morgan fingerprint density at radius 3 is 2.56 bits per heavy atom. The number of nitrogens with zero attached hydrogens (tertiary/aromatic N) is 1. The van der Waals surface area contributed by atoms with Crippen LogP contribution in [-0.2, 0) is 11.4 Å². The van der Waals surface area contributed by atoms with E-state index in [4.69, 9.17) is 33.3 Å². The quantitative estimate of drug-likeness (QED) is 0.276. The molecule has 0 N–H and O–H groups in total. The van der Waals surface area contributed by atoms with Gasteiger partial charge >= 0.3 is 0 Å². The monoisotopic (exact) mass is 483 g/mol. The van der Waals surface area contributed by atoms with E-state index in [-0.39, 0.29) is 5.91 Å². The Hall–Kier alpha value is -2.54. The second kappa shape index (κ2) is 9.94. The molecule has 0 spiro atoms. The first-order valence-electron chi connectivity index (χ1n) is 10.3. The van der Waals surface area contributed by atoms with Crippen molar-refractivity contribution in [1.82, 2.24) is 4.90 Å². The van der Waals surface area contributed by atoms with Crippen LogP contribution in [0.3, 0.4) is 0 Å². The van der Waals surface area contributed by atoms with Crippen molar-refractivity contribution in [2.24, 2.45) is 0 Å². The number of thioether (sulfide) groups is 1. The van der Waals surface area contributed by atoms with Gasteiger partial charge in [-0.2, -0.15) is 0 Å². The van der Waals surface area contributed by atoms with Gasteiger partial charge in [-0.25, -0.2) is 0 Å². The molecule has 0 aromatic heterocycles. The number of benzene rings is 3. The van der Waals surface area contributed by atoms with E-state index in [1.54, 1.807) is 17.0 Å². The minimum absolute atomic E-state index is 0.0896. The molecule has 1 heterocycles. The molecule has 0 unspecified atom stereocenters. The number of fused-ring (bicyclic) bond motifs is 1. The summed E-state index contributed by atoms with van der Waals surface area (Å²) in [6, 6.07) is 18.0. The van der Waals surface area contributed by atoms with Gasteiger partial charge in [0.1, 0.15) is 10.9 Å². The second-order valence-corrected chi connectivity index (χ2v) is 9.24. The minimum Gasteiger partial charge on any atom is -0.490 e. The maximum atomic E-state index is 12.5. The van der Waals surface area contributed by atoms with Crippen LogP contribution in [0.2, 0.25) is 5.02 Å². The highest BCUT2D eigenvalue weighted by Crippen LogP contribution is 2.39. The van der Waals surface area contributed by atoms with E-state index >= 15 is 0 Å². The zero-order valence-electron chi connectivity index (χ0n) is 17.8. The first-order valence-corrected chi connectivity index (χ1v) is 11.9. The maximum Gasteiger partial charge on any atom is 0.266 e. The van der Waals surface area contributed by atoms with Gasteiger partial charge in [0, 0.05) is 6.54 Å². The van der Waals surface area contributed by atoms with Crippen LogP contribution in [0.4, 0.5) is 0 Å². The first-order chi connectivity index (χ1) is 15.5. The highest BCUT2D eigenvalue weighted by molar-refractivity contribution is 8.26. The molecular weight excluding hydrogens is 462 g/mol. The van der Waals surface area contributed by atoms with Crippen LogP contribution in [0.25, 0.3) is 16.8 Å². The van der Waals surface area contributed by atoms with Crippen molar-refractivity contribution in [3.05, 3.63) is 75.7 Å². The average Bonchev–Trinajstić information content (AvgIpc) is 3.05. The van der Waals surface area contributed by atoms with Crippen LogP contribution in [0.5, 0.6) is 11.5 Å². The summed E-state index contributed by atoms with van der Waals surface area (Å²) in [6.45, 7) is 5.18. The lowest BCUT2D eigenvalue weighted by molar-refractivity contribution is -0.121. The van der Waals surface area contributed by atoms with Gasteiger partial charge in [-0.05, 0) is 60.0 Å². The summed E-state index contributed by atoms with van der Waals surface area (Å²) in [7, 11) is 0. The van der Waals surface area contributed by atoms with Crippen molar-refractivity contribution in [3.8, 4) is 11.5 Å². The second-order valence-electron chi connectivity index (χ2n) is 7.16. The molecule has 0 saturated carbocycles. The van der Waals surface area contributed by atoms with Gasteiger partial charge in [0.2, 0.25) is 0 Å². The van der Waals surface area contributed by atoms with Crippen molar-refractivity contribution in [2.45, 2.75) is 20.5 Å². The number of amides is 1. The number of carbonyl (C=O) groups excluding carboxylic acids is 1. The number of halogens is 1. The predicted molar refractivity (Wildman–Crippen MR) is 136 cm³/mol. The Kier molecular flexibility index (Phi) is 7.04. The molecule has 1 amide bonds. The highest BCUT2D eigenvalue weighted by atomic mass is 35.5. The highest BCUT2D eigenvalue weighted by Gasteiger charge is 2.30. The SMILES string of the molecule is CCOc1cc(/C=C2\SC(=S)N(CC)C2=O)cc(Cl)c1OCc1ccc2ccccc2c1. The van der Waals surface area contributed by atoms with E-state index < -0.39 is 0 Å². The normalized spacial score (nSPS) is 15.1. The summed E-state index contributed by atoms with van der Waals surface area (Å²) < 4.78 is 12.4. The summed E-state index contributed by atoms with van der Waals surface area (Å²) in [5.41, 5.74) is 1.79. The Bertz CT molecular complexity index is 1230. The molecule has 4 nitrogen and oxygen atoms in total. The Labute approximate surface area is 202 Å². The fourth-order valence-electron chi connectivity index (χ4n) is 3.48. The topological polar surface area (TPSA) is 38.8 Å². The van der Waals surface area contributed by atoms with Crippen LogP contribution < -0.4 is 9.47 Å². The summed E-state index contributed by atoms with van der Waals surface area (Å²) in [5, 5.41) is 2.76. The van der Waals surface area contributed by atoms with Crippen LogP contribution in [0, 0.1) is 0 Å². The molecule has 0 radical (unpaired) electrons. The number of likely N-dealkylation sites (N-methyl/N-ethyl adjacent to an activating group) is 1. The molecule has 3 aromatic rings. The van der Waals surface area contributed by atoms with E-state index in [0.29, 0.717) is 45.5 Å². The molecule has 1 fully saturated rings. The molecule has 0 atom stereocenters. The summed E-state index contributed by atoms with van der Waals surface area (Å²) in [5.74, 6) is 0.936. The zero-order chi connectivity index (χ0) is 22.7. The van der Waals surface area contributed by atoms with Crippen LogP contribution in [0.15, 0.2) is 59.5 Å². The van der Waals surface area contributed by atoms with Crippen molar-refractivity contribution >= 4 is 62.7 Å². The van der Waals surface area contributed by atoms with Gasteiger partial charge in [0.25, 0.3) is 5.91 Å². The molecule has 1 aliphatic heterocycles. The third-order valence-corrected chi connectivity index (χ3v) is 6.67. The molecule has 4 rings (SSSR count). The van der Waals surface area contributed by atoms with Crippen LogP contribution in [0.1, 0.15) is 25.0 Å². The van der Waals surface area contributed by atoms with E-state index in [2.05, 4.69) is 24.3 Å². The van der Waals surface area contributed by atoms with E-state index in [9.17, 15) is 4.79 Å².